The Bertz CT molecular complexity index is 688. The molecule has 1 saturated heterocycles. The molecule has 8 nitrogen and oxygen atoms in total. The Kier molecular flexibility index (Phi) is 4.71. The molecule has 0 aliphatic carbocycles. The van der Waals surface area contributed by atoms with Crippen molar-refractivity contribution in [3.05, 3.63) is 12.5 Å². The van der Waals surface area contributed by atoms with E-state index in [4.69, 9.17) is 0 Å². The van der Waals surface area contributed by atoms with Crippen molar-refractivity contribution < 1.29 is 16.8 Å². The van der Waals surface area contributed by atoms with E-state index in [-0.39, 0.29) is 10.9 Å². The van der Waals surface area contributed by atoms with Crippen molar-refractivity contribution >= 4 is 20.0 Å². The number of sulfonamides is 2. The van der Waals surface area contributed by atoms with Gasteiger partial charge in [-0.05, 0) is 18.8 Å². The fourth-order valence-corrected chi connectivity index (χ4v) is 4.24. The van der Waals surface area contributed by atoms with Gasteiger partial charge in [-0.2, -0.15) is 0 Å². The summed E-state index contributed by atoms with van der Waals surface area (Å²) >= 11 is 0. The summed E-state index contributed by atoms with van der Waals surface area (Å²) in [6.07, 6.45) is 5.36. The second-order valence-electron chi connectivity index (χ2n) is 5.33. The zero-order valence-electron chi connectivity index (χ0n) is 12.1. The van der Waals surface area contributed by atoms with E-state index in [1.807, 2.05) is 0 Å². The molecule has 0 unspecified atom stereocenters. The van der Waals surface area contributed by atoms with Gasteiger partial charge in [0, 0.05) is 32.9 Å². The topological polar surface area (TPSA) is 101 Å². The molecule has 0 radical (unpaired) electrons. The highest BCUT2D eigenvalue weighted by atomic mass is 32.2. The molecule has 21 heavy (non-hydrogen) atoms. The summed E-state index contributed by atoms with van der Waals surface area (Å²) in [5, 5.41) is -0.00132. The third-order valence-corrected chi connectivity index (χ3v) is 6.17. The lowest BCUT2D eigenvalue weighted by atomic mass is 9.99. The number of nitrogens with one attached hydrogen (secondary N) is 1. The van der Waals surface area contributed by atoms with Gasteiger partial charge in [0.05, 0.1) is 12.6 Å². The molecule has 0 atom stereocenters. The number of aryl methyl sites for hydroxylation is 1. The first kappa shape index (κ1) is 16.4. The van der Waals surface area contributed by atoms with Gasteiger partial charge in [-0.25, -0.2) is 30.8 Å². The van der Waals surface area contributed by atoms with E-state index in [2.05, 4.69) is 9.71 Å². The van der Waals surface area contributed by atoms with E-state index in [9.17, 15) is 16.8 Å². The molecule has 1 aliphatic heterocycles. The van der Waals surface area contributed by atoms with E-state index in [1.165, 1.54) is 23.1 Å². The zero-order chi connectivity index (χ0) is 15.7. The molecule has 1 N–H and O–H groups in total. The lowest BCUT2D eigenvalue weighted by Gasteiger charge is -2.30. The number of rotatable bonds is 5. The van der Waals surface area contributed by atoms with Crippen LogP contribution in [0, 0.1) is 5.92 Å². The van der Waals surface area contributed by atoms with Crippen molar-refractivity contribution in [2.75, 3.05) is 25.9 Å². The molecule has 1 aliphatic rings. The van der Waals surface area contributed by atoms with Crippen LogP contribution in [0.4, 0.5) is 0 Å². The maximum absolute atomic E-state index is 12.0. The average molecular weight is 336 g/mol. The van der Waals surface area contributed by atoms with Crippen molar-refractivity contribution in [2.45, 2.75) is 17.9 Å². The Morgan fingerprint density at radius 2 is 1.90 bits per heavy atom. The summed E-state index contributed by atoms with van der Waals surface area (Å²) in [5.41, 5.74) is 0. The molecular formula is C11H20N4O4S2. The average Bonchev–Trinajstić information content (AvgIpc) is 2.83. The van der Waals surface area contributed by atoms with Crippen molar-refractivity contribution in [2.24, 2.45) is 13.0 Å². The van der Waals surface area contributed by atoms with E-state index >= 15 is 0 Å². The second-order valence-corrected chi connectivity index (χ2v) is 9.03. The normalized spacial score (nSPS) is 19.0. The number of hydrogen-bond donors (Lipinski definition) is 1. The number of aromatic nitrogens is 2. The van der Waals surface area contributed by atoms with Crippen molar-refractivity contribution in [1.29, 1.82) is 0 Å². The molecule has 0 bridgehead atoms. The van der Waals surface area contributed by atoms with Crippen LogP contribution >= 0.6 is 0 Å². The molecular weight excluding hydrogens is 316 g/mol. The summed E-state index contributed by atoms with van der Waals surface area (Å²) in [6, 6.07) is 0. The molecule has 0 amide bonds. The van der Waals surface area contributed by atoms with Crippen molar-refractivity contribution in [1.82, 2.24) is 18.6 Å². The monoisotopic (exact) mass is 336 g/mol. The first-order valence-electron chi connectivity index (χ1n) is 6.61. The Hall–Kier alpha value is -0.970. The van der Waals surface area contributed by atoms with Crippen LogP contribution in [0.3, 0.4) is 0 Å². The third kappa shape index (κ3) is 4.25. The highest BCUT2D eigenvalue weighted by Crippen LogP contribution is 2.19. The predicted molar refractivity (Wildman–Crippen MR) is 77.5 cm³/mol. The summed E-state index contributed by atoms with van der Waals surface area (Å²) in [7, 11) is -5.04. The second kappa shape index (κ2) is 6.03. The Labute approximate surface area is 125 Å². The summed E-state index contributed by atoms with van der Waals surface area (Å²) in [6.45, 7) is 1.18. The fraction of sp³-hybridized carbons (Fsp3) is 0.727. The molecule has 10 heteroatoms. The molecule has 0 spiro atoms. The first-order valence-corrected chi connectivity index (χ1v) is 9.94. The van der Waals surface area contributed by atoms with Gasteiger partial charge in [0.15, 0.2) is 5.03 Å². The summed E-state index contributed by atoms with van der Waals surface area (Å²) in [4.78, 5) is 3.82. The Morgan fingerprint density at radius 3 is 2.38 bits per heavy atom. The van der Waals surface area contributed by atoms with E-state index in [0.29, 0.717) is 32.5 Å². The molecule has 120 valence electrons. The van der Waals surface area contributed by atoms with Crippen LogP contribution in [-0.4, -0.2) is 56.6 Å². The molecule has 0 aromatic carbocycles. The SMILES string of the molecule is Cn1cnc(S(=O)(=O)NCC2CCN(S(C)(=O)=O)CC2)c1. The summed E-state index contributed by atoms with van der Waals surface area (Å²) in [5.74, 6) is 0.140. The van der Waals surface area contributed by atoms with Gasteiger partial charge in [-0.3, -0.25) is 0 Å². The first-order chi connectivity index (χ1) is 9.68. The van der Waals surface area contributed by atoms with Crippen LogP contribution < -0.4 is 4.72 Å². The van der Waals surface area contributed by atoms with Gasteiger partial charge in [0.2, 0.25) is 10.0 Å². The quantitative estimate of drug-likeness (QED) is 0.771. The molecule has 2 heterocycles. The zero-order valence-corrected chi connectivity index (χ0v) is 13.7. The minimum absolute atomic E-state index is 0.00132. The summed E-state index contributed by atoms with van der Waals surface area (Å²) < 4.78 is 52.4. The van der Waals surface area contributed by atoms with Gasteiger partial charge in [0.25, 0.3) is 10.0 Å². The minimum Gasteiger partial charge on any atom is -0.339 e. The number of piperidine rings is 1. The van der Waals surface area contributed by atoms with Gasteiger partial charge in [-0.15, -0.1) is 0 Å². The maximum Gasteiger partial charge on any atom is 0.259 e. The fourth-order valence-electron chi connectivity index (χ4n) is 2.27. The molecule has 1 aromatic heterocycles. The van der Waals surface area contributed by atoms with Crippen LogP contribution in [0.5, 0.6) is 0 Å². The van der Waals surface area contributed by atoms with Gasteiger partial charge in [0.1, 0.15) is 0 Å². The molecule has 1 fully saturated rings. The number of nitrogens with zero attached hydrogens (tertiary/aromatic N) is 3. The number of hydrogen-bond acceptors (Lipinski definition) is 5. The highest BCUT2D eigenvalue weighted by Gasteiger charge is 2.26. The Morgan fingerprint density at radius 1 is 1.29 bits per heavy atom. The molecule has 0 saturated carbocycles. The maximum atomic E-state index is 12.0. The van der Waals surface area contributed by atoms with Crippen LogP contribution in [-0.2, 0) is 27.1 Å². The third-order valence-electron chi connectivity index (χ3n) is 3.56. The van der Waals surface area contributed by atoms with Crippen LogP contribution in [0.25, 0.3) is 0 Å². The largest absolute Gasteiger partial charge is 0.339 e. The van der Waals surface area contributed by atoms with E-state index < -0.39 is 20.0 Å². The predicted octanol–water partition coefficient (Wildman–Crippen LogP) is -0.630. The van der Waals surface area contributed by atoms with Gasteiger partial charge in [-0.1, -0.05) is 0 Å². The van der Waals surface area contributed by atoms with E-state index in [1.54, 1.807) is 11.6 Å². The highest BCUT2D eigenvalue weighted by molar-refractivity contribution is 7.89. The Balaban J connectivity index is 1.88. The van der Waals surface area contributed by atoms with Crippen LogP contribution in [0.15, 0.2) is 17.6 Å². The molecule has 1 aromatic rings. The van der Waals surface area contributed by atoms with Crippen molar-refractivity contribution in [3.63, 3.8) is 0 Å². The van der Waals surface area contributed by atoms with Gasteiger partial charge < -0.3 is 4.57 Å². The van der Waals surface area contributed by atoms with Crippen molar-refractivity contribution in [3.8, 4) is 0 Å². The lowest BCUT2D eigenvalue weighted by Crippen LogP contribution is -2.41. The molecule has 2 rings (SSSR count). The lowest BCUT2D eigenvalue weighted by molar-refractivity contribution is 0.275. The number of imidazole rings is 1. The van der Waals surface area contributed by atoms with Crippen LogP contribution in [0.2, 0.25) is 0 Å². The van der Waals surface area contributed by atoms with Crippen LogP contribution in [0.1, 0.15) is 12.8 Å². The standard InChI is InChI=1S/C11H20N4O4S2/c1-14-8-11(12-9-14)21(18,19)13-7-10-3-5-15(6-4-10)20(2,16)17/h8-10,13H,3-7H2,1-2H3. The van der Waals surface area contributed by atoms with E-state index in [0.717, 1.165) is 0 Å². The minimum atomic E-state index is -3.59. The smallest absolute Gasteiger partial charge is 0.259 e. The van der Waals surface area contributed by atoms with Gasteiger partial charge >= 0.3 is 0 Å².